The summed E-state index contributed by atoms with van der Waals surface area (Å²) in [5.41, 5.74) is 3.72. The van der Waals surface area contributed by atoms with E-state index in [-0.39, 0.29) is 5.91 Å². The van der Waals surface area contributed by atoms with Crippen LogP contribution in [-0.4, -0.2) is 15.3 Å². The maximum atomic E-state index is 12.2. The maximum absolute atomic E-state index is 12.2. The van der Waals surface area contributed by atoms with Gasteiger partial charge in [0, 0.05) is 45.0 Å². The highest BCUT2D eigenvalue weighted by Gasteiger charge is 2.11. The second-order valence-electron chi connectivity index (χ2n) is 6.07. The Hall–Kier alpha value is -2.34. The number of carbonyl (C=O) groups is 1. The Morgan fingerprint density at radius 3 is 2.41 bits per heavy atom. The van der Waals surface area contributed by atoms with Gasteiger partial charge in [-0.1, -0.05) is 35.3 Å². The van der Waals surface area contributed by atoms with Crippen LogP contribution in [0.2, 0.25) is 10.0 Å². The zero-order valence-electron chi connectivity index (χ0n) is 14.2. The number of fused-ring (bicyclic) bond motifs is 1. The van der Waals surface area contributed by atoms with Crippen molar-refractivity contribution < 1.29 is 4.79 Å². The molecule has 2 heterocycles. The monoisotopic (exact) mass is 415 g/mol. The Morgan fingerprint density at radius 2 is 1.70 bits per heavy atom. The summed E-state index contributed by atoms with van der Waals surface area (Å²) < 4.78 is 2.05. The molecular formula is C20H15Cl2N3OS. The molecule has 0 saturated heterocycles. The number of carbonyl (C=O) groups excluding carboxylic acids is 1. The third-order valence-corrected chi connectivity index (χ3v) is 5.55. The van der Waals surface area contributed by atoms with E-state index in [2.05, 4.69) is 10.3 Å². The Kier molecular flexibility index (Phi) is 5.16. The van der Waals surface area contributed by atoms with Gasteiger partial charge in [0.25, 0.3) is 0 Å². The third kappa shape index (κ3) is 4.16. The first-order chi connectivity index (χ1) is 13.1. The van der Waals surface area contributed by atoms with Gasteiger partial charge in [0.05, 0.1) is 5.69 Å². The zero-order chi connectivity index (χ0) is 18.8. The molecule has 2 aromatic carbocycles. The van der Waals surface area contributed by atoms with Crippen molar-refractivity contribution in [1.82, 2.24) is 9.38 Å². The molecule has 0 bridgehead atoms. The van der Waals surface area contributed by atoms with Gasteiger partial charge in [-0.15, -0.1) is 11.3 Å². The molecule has 0 radical (unpaired) electrons. The van der Waals surface area contributed by atoms with E-state index in [1.807, 2.05) is 40.2 Å². The Balaban J connectivity index is 1.45. The molecule has 4 nitrogen and oxygen atoms in total. The van der Waals surface area contributed by atoms with E-state index < -0.39 is 0 Å². The van der Waals surface area contributed by atoms with Gasteiger partial charge < -0.3 is 5.32 Å². The van der Waals surface area contributed by atoms with Crippen LogP contribution in [0.5, 0.6) is 0 Å². The highest BCUT2D eigenvalue weighted by atomic mass is 35.5. The van der Waals surface area contributed by atoms with Gasteiger partial charge >= 0.3 is 0 Å². The highest BCUT2D eigenvalue weighted by molar-refractivity contribution is 7.15. The minimum absolute atomic E-state index is 0.0327. The van der Waals surface area contributed by atoms with Crippen molar-refractivity contribution in [1.29, 1.82) is 0 Å². The fourth-order valence-electron chi connectivity index (χ4n) is 2.77. The summed E-state index contributed by atoms with van der Waals surface area (Å²) >= 11 is 13.4. The smallest absolute Gasteiger partial charge is 0.224 e. The number of imidazole rings is 1. The fraction of sp³-hybridized carbons (Fsp3) is 0.100. The van der Waals surface area contributed by atoms with Crippen LogP contribution in [0.1, 0.15) is 12.1 Å². The SMILES string of the molecule is O=C(CCc1csc2nc(-c3ccc(Cl)cc3)cn12)Nc1ccc(Cl)cc1. The first-order valence-corrected chi connectivity index (χ1v) is 9.99. The predicted molar refractivity (Wildman–Crippen MR) is 112 cm³/mol. The number of thiazole rings is 1. The van der Waals surface area contributed by atoms with Crippen LogP contribution in [0, 0.1) is 0 Å². The molecule has 4 rings (SSSR count). The van der Waals surface area contributed by atoms with Gasteiger partial charge in [0.15, 0.2) is 4.96 Å². The van der Waals surface area contributed by atoms with Crippen LogP contribution in [-0.2, 0) is 11.2 Å². The summed E-state index contributed by atoms with van der Waals surface area (Å²) in [5.74, 6) is -0.0327. The summed E-state index contributed by atoms with van der Waals surface area (Å²) in [6.07, 6.45) is 3.03. The Bertz CT molecular complexity index is 1080. The number of rotatable bonds is 5. The lowest BCUT2D eigenvalue weighted by Crippen LogP contribution is -2.12. The van der Waals surface area contributed by atoms with Gasteiger partial charge in [-0.2, -0.15) is 0 Å². The van der Waals surface area contributed by atoms with Crippen LogP contribution in [0.3, 0.4) is 0 Å². The molecule has 7 heteroatoms. The van der Waals surface area contributed by atoms with Gasteiger partial charge in [-0.05, 0) is 42.8 Å². The van der Waals surface area contributed by atoms with Crippen LogP contribution in [0.4, 0.5) is 5.69 Å². The van der Waals surface area contributed by atoms with Crippen molar-refractivity contribution in [3.05, 3.63) is 75.8 Å². The van der Waals surface area contributed by atoms with E-state index in [0.717, 1.165) is 27.6 Å². The fourth-order valence-corrected chi connectivity index (χ4v) is 3.93. The van der Waals surface area contributed by atoms with Crippen molar-refractivity contribution in [3.8, 4) is 11.3 Å². The van der Waals surface area contributed by atoms with Crippen LogP contribution in [0.25, 0.3) is 16.2 Å². The molecule has 0 atom stereocenters. The number of aryl methyl sites for hydroxylation is 1. The second kappa shape index (κ2) is 7.72. The molecule has 136 valence electrons. The summed E-state index contributed by atoms with van der Waals surface area (Å²) in [4.78, 5) is 17.8. The Labute approximate surface area is 170 Å². The first-order valence-electron chi connectivity index (χ1n) is 8.35. The summed E-state index contributed by atoms with van der Waals surface area (Å²) in [5, 5.41) is 6.27. The van der Waals surface area contributed by atoms with E-state index >= 15 is 0 Å². The van der Waals surface area contributed by atoms with Gasteiger partial charge in [0.2, 0.25) is 5.91 Å². The van der Waals surface area contributed by atoms with Crippen molar-refractivity contribution in [2.45, 2.75) is 12.8 Å². The molecule has 0 aliphatic heterocycles. The number of nitrogens with one attached hydrogen (secondary N) is 1. The van der Waals surface area contributed by atoms with Gasteiger partial charge in [-0.25, -0.2) is 4.98 Å². The number of benzene rings is 2. The molecule has 4 aromatic rings. The number of hydrogen-bond donors (Lipinski definition) is 1. The van der Waals surface area contributed by atoms with Crippen molar-refractivity contribution >= 4 is 51.1 Å². The van der Waals surface area contributed by atoms with Gasteiger partial charge in [-0.3, -0.25) is 9.20 Å². The van der Waals surface area contributed by atoms with Crippen molar-refractivity contribution in [2.75, 3.05) is 5.32 Å². The predicted octanol–water partition coefficient (Wildman–Crippen LogP) is 5.94. The minimum Gasteiger partial charge on any atom is -0.326 e. The van der Waals surface area contributed by atoms with E-state index in [4.69, 9.17) is 23.2 Å². The number of halogens is 2. The Morgan fingerprint density at radius 1 is 1.04 bits per heavy atom. The zero-order valence-corrected chi connectivity index (χ0v) is 16.5. The average Bonchev–Trinajstić information content (AvgIpc) is 3.24. The second-order valence-corrected chi connectivity index (χ2v) is 7.78. The van der Waals surface area contributed by atoms with E-state index in [1.165, 1.54) is 0 Å². The molecule has 27 heavy (non-hydrogen) atoms. The number of nitrogens with zero attached hydrogens (tertiary/aromatic N) is 2. The lowest BCUT2D eigenvalue weighted by atomic mass is 10.2. The molecule has 1 amide bonds. The van der Waals surface area contributed by atoms with Crippen molar-refractivity contribution in [3.63, 3.8) is 0 Å². The maximum Gasteiger partial charge on any atom is 0.224 e. The lowest BCUT2D eigenvalue weighted by Gasteiger charge is -2.05. The number of aromatic nitrogens is 2. The molecule has 0 saturated carbocycles. The first kappa shape index (κ1) is 18.0. The molecular weight excluding hydrogens is 401 g/mol. The van der Waals surface area contributed by atoms with E-state index in [0.29, 0.717) is 22.9 Å². The molecule has 0 spiro atoms. The van der Waals surface area contributed by atoms with E-state index in [9.17, 15) is 4.79 Å². The summed E-state index contributed by atoms with van der Waals surface area (Å²) in [6.45, 7) is 0. The summed E-state index contributed by atoms with van der Waals surface area (Å²) in [7, 11) is 0. The molecule has 0 aliphatic rings. The van der Waals surface area contributed by atoms with Gasteiger partial charge in [0.1, 0.15) is 0 Å². The molecule has 2 aromatic heterocycles. The highest BCUT2D eigenvalue weighted by Crippen LogP contribution is 2.25. The van der Waals surface area contributed by atoms with Crippen LogP contribution >= 0.6 is 34.5 Å². The van der Waals surface area contributed by atoms with E-state index in [1.54, 1.807) is 35.6 Å². The number of amides is 1. The lowest BCUT2D eigenvalue weighted by molar-refractivity contribution is -0.116. The normalized spacial score (nSPS) is 11.0. The topological polar surface area (TPSA) is 46.4 Å². The molecule has 0 fully saturated rings. The van der Waals surface area contributed by atoms with Crippen molar-refractivity contribution in [2.24, 2.45) is 0 Å². The molecule has 1 N–H and O–H groups in total. The molecule has 0 unspecified atom stereocenters. The van der Waals surface area contributed by atoms with Crippen LogP contribution < -0.4 is 5.32 Å². The molecule has 0 aliphatic carbocycles. The number of anilines is 1. The summed E-state index contributed by atoms with van der Waals surface area (Å²) in [6, 6.07) is 14.7. The quantitative estimate of drug-likeness (QED) is 0.438. The average molecular weight is 416 g/mol. The number of hydrogen-bond acceptors (Lipinski definition) is 3. The standard InChI is InChI=1S/C20H15Cl2N3OS/c21-14-3-1-13(2-4-14)18-11-25-17(12-27-20(25)24-18)9-10-19(26)23-16-7-5-15(22)6-8-16/h1-8,11-12H,9-10H2,(H,23,26). The minimum atomic E-state index is -0.0327. The largest absolute Gasteiger partial charge is 0.326 e. The van der Waals surface area contributed by atoms with Crippen LogP contribution in [0.15, 0.2) is 60.1 Å². The third-order valence-electron chi connectivity index (χ3n) is 4.16.